The Morgan fingerprint density at radius 2 is 2.00 bits per heavy atom. The predicted molar refractivity (Wildman–Crippen MR) is 138 cm³/mol. The molecule has 0 fully saturated rings. The van der Waals surface area contributed by atoms with E-state index in [0.717, 1.165) is 10.9 Å². The average Bonchev–Trinajstić information content (AvgIpc) is 3.21. The molecule has 182 valence electrons. The molecule has 5 rings (SSSR count). The number of pyridine rings is 2. The third-order valence-electron chi connectivity index (χ3n) is 6.03. The van der Waals surface area contributed by atoms with Crippen molar-refractivity contribution in [3.8, 4) is 11.3 Å². The zero-order chi connectivity index (χ0) is 25.7. The summed E-state index contributed by atoms with van der Waals surface area (Å²) >= 11 is 5.90. The summed E-state index contributed by atoms with van der Waals surface area (Å²) in [5, 5.41) is 18.4. The third-order valence-corrected chi connectivity index (χ3v) is 6.24. The van der Waals surface area contributed by atoms with Crippen LogP contribution < -0.4 is 10.7 Å². The first-order valence-electron chi connectivity index (χ1n) is 11.2. The maximum absolute atomic E-state index is 13.4. The molecule has 0 aliphatic rings. The van der Waals surface area contributed by atoms with Crippen LogP contribution >= 0.6 is 11.6 Å². The maximum atomic E-state index is 13.4. The van der Waals surface area contributed by atoms with Crippen molar-refractivity contribution in [2.75, 3.05) is 5.32 Å². The summed E-state index contributed by atoms with van der Waals surface area (Å²) < 4.78 is 8.07. The minimum absolute atomic E-state index is 0.0805. The van der Waals surface area contributed by atoms with Gasteiger partial charge in [-0.15, -0.1) is 0 Å². The van der Waals surface area contributed by atoms with Crippen molar-refractivity contribution in [1.29, 1.82) is 0 Å². The zero-order valence-corrected chi connectivity index (χ0v) is 20.7. The molecule has 0 unspecified atom stereocenters. The first kappa shape index (κ1) is 23.5. The number of carboxylic acid groups (broad SMARTS) is 1. The van der Waals surface area contributed by atoms with Gasteiger partial charge < -0.3 is 14.8 Å². The van der Waals surface area contributed by atoms with E-state index in [9.17, 15) is 14.7 Å². The summed E-state index contributed by atoms with van der Waals surface area (Å²) in [6, 6.07) is 8.25. The number of benzene rings is 1. The lowest BCUT2D eigenvalue weighted by Crippen LogP contribution is -2.14. The number of hydrogen-bond donors (Lipinski definition) is 2. The molecule has 0 saturated carbocycles. The number of nitrogens with zero attached hydrogens (tertiary/aromatic N) is 4. The van der Waals surface area contributed by atoms with Crippen LogP contribution in [0, 0.1) is 13.8 Å². The standard InChI is InChI=1S/C26H22ClN5O4/c1-12-7-17(14(3)29-19-5-6-20(27)30-21(19)26(34)35)24-18(8-12)22(33)13(2)23(36-24)15-9-16-11-32(4)31-25(16)28-10-15/h5-11,14,29H,1-4H3,(H,34,35)/t14-/m1/s1. The number of rotatable bonds is 5. The van der Waals surface area contributed by atoms with Crippen LogP contribution in [-0.4, -0.2) is 30.8 Å². The molecule has 0 aliphatic carbocycles. The van der Waals surface area contributed by atoms with Crippen LogP contribution in [-0.2, 0) is 7.05 Å². The topological polar surface area (TPSA) is 123 Å². The Balaban J connectivity index is 1.67. The highest BCUT2D eigenvalue weighted by molar-refractivity contribution is 6.29. The quantitative estimate of drug-likeness (QED) is 0.310. The van der Waals surface area contributed by atoms with Gasteiger partial charge in [0.15, 0.2) is 16.8 Å². The number of fused-ring (bicyclic) bond motifs is 2. The molecule has 0 saturated heterocycles. The Bertz CT molecular complexity index is 1740. The Labute approximate surface area is 210 Å². The van der Waals surface area contributed by atoms with Crippen molar-refractivity contribution in [1.82, 2.24) is 19.7 Å². The van der Waals surface area contributed by atoms with Crippen molar-refractivity contribution in [3.63, 3.8) is 0 Å². The fourth-order valence-corrected chi connectivity index (χ4v) is 4.49. The van der Waals surface area contributed by atoms with E-state index in [1.165, 1.54) is 6.07 Å². The lowest BCUT2D eigenvalue weighted by Gasteiger charge is -2.19. The fourth-order valence-electron chi connectivity index (χ4n) is 4.35. The highest BCUT2D eigenvalue weighted by Crippen LogP contribution is 2.33. The summed E-state index contributed by atoms with van der Waals surface area (Å²) in [4.78, 5) is 33.5. The SMILES string of the molecule is Cc1cc([C@@H](C)Nc2ccc(Cl)nc2C(=O)O)c2oc(-c3cnc4nn(C)cc4c3)c(C)c(=O)c2c1. The van der Waals surface area contributed by atoms with Crippen LogP contribution in [0.15, 0.2) is 51.9 Å². The zero-order valence-electron chi connectivity index (χ0n) is 20.0. The smallest absolute Gasteiger partial charge is 0.356 e. The highest BCUT2D eigenvalue weighted by Gasteiger charge is 2.21. The number of anilines is 1. The molecule has 0 aliphatic heterocycles. The number of halogens is 1. The molecular weight excluding hydrogens is 482 g/mol. The second kappa shape index (κ2) is 8.76. The summed E-state index contributed by atoms with van der Waals surface area (Å²) in [6.45, 7) is 5.48. The van der Waals surface area contributed by atoms with Gasteiger partial charge in [0, 0.05) is 41.5 Å². The maximum Gasteiger partial charge on any atom is 0.356 e. The van der Waals surface area contributed by atoms with Gasteiger partial charge in [0.05, 0.1) is 17.1 Å². The van der Waals surface area contributed by atoms with Crippen molar-refractivity contribution < 1.29 is 14.3 Å². The van der Waals surface area contributed by atoms with Gasteiger partial charge in [-0.2, -0.15) is 5.10 Å². The van der Waals surface area contributed by atoms with E-state index in [-0.39, 0.29) is 16.3 Å². The van der Waals surface area contributed by atoms with Crippen LogP contribution in [0.25, 0.3) is 33.3 Å². The molecule has 1 aromatic carbocycles. The molecule has 4 aromatic heterocycles. The summed E-state index contributed by atoms with van der Waals surface area (Å²) in [6.07, 6.45) is 3.49. The minimum Gasteiger partial charge on any atom is -0.476 e. The third kappa shape index (κ3) is 4.07. The summed E-state index contributed by atoms with van der Waals surface area (Å²) in [5.41, 5.74) is 3.68. The molecule has 0 spiro atoms. The summed E-state index contributed by atoms with van der Waals surface area (Å²) in [5.74, 6) is -0.786. The van der Waals surface area contributed by atoms with E-state index in [1.807, 2.05) is 39.2 Å². The molecule has 0 bridgehead atoms. The largest absolute Gasteiger partial charge is 0.476 e. The Morgan fingerprint density at radius 1 is 1.22 bits per heavy atom. The van der Waals surface area contributed by atoms with Gasteiger partial charge in [0.1, 0.15) is 16.5 Å². The van der Waals surface area contributed by atoms with E-state index in [4.69, 9.17) is 16.0 Å². The molecule has 0 radical (unpaired) electrons. The van der Waals surface area contributed by atoms with Crippen molar-refractivity contribution in [3.05, 3.63) is 80.5 Å². The lowest BCUT2D eigenvalue weighted by molar-refractivity contribution is 0.0691. The molecule has 10 heteroatoms. The summed E-state index contributed by atoms with van der Waals surface area (Å²) in [7, 11) is 1.82. The van der Waals surface area contributed by atoms with Gasteiger partial charge in [-0.3, -0.25) is 9.48 Å². The van der Waals surface area contributed by atoms with E-state index in [1.54, 1.807) is 29.9 Å². The molecule has 2 N–H and O–H groups in total. The van der Waals surface area contributed by atoms with Gasteiger partial charge in [-0.1, -0.05) is 17.7 Å². The lowest BCUT2D eigenvalue weighted by atomic mass is 9.99. The number of aryl methyl sites for hydroxylation is 2. The monoisotopic (exact) mass is 503 g/mol. The molecule has 0 amide bonds. The minimum atomic E-state index is -1.20. The van der Waals surface area contributed by atoms with Crippen molar-refractivity contribution in [2.24, 2.45) is 7.05 Å². The molecule has 9 nitrogen and oxygen atoms in total. The Kier molecular flexibility index (Phi) is 5.72. The van der Waals surface area contributed by atoms with Gasteiger partial charge in [-0.25, -0.2) is 14.8 Å². The molecule has 36 heavy (non-hydrogen) atoms. The van der Waals surface area contributed by atoms with E-state index >= 15 is 0 Å². The highest BCUT2D eigenvalue weighted by atomic mass is 35.5. The van der Waals surface area contributed by atoms with Crippen LogP contribution in [0.5, 0.6) is 0 Å². The van der Waals surface area contributed by atoms with Crippen molar-refractivity contribution in [2.45, 2.75) is 26.8 Å². The second-order valence-corrected chi connectivity index (χ2v) is 9.14. The molecule has 1 atom stereocenters. The number of aromatic nitrogens is 4. The van der Waals surface area contributed by atoms with Gasteiger partial charge in [0.2, 0.25) is 0 Å². The van der Waals surface area contributed by atoms with Crippen LogP contribution in [0.2, 0.25) is 5.15 Å². The normalized spacial score (nSPS) is 12.2. The van der Waals surface area contributed by atoms with Crippen LogP contribution in [0.3, 0.4) is 0 Å². The number of hydrogen-bond acceptors (Lipinski definition) is 7. The molecule has 5 aromatic rings. The number of nitrogens with one attached hydrogen (secondary N) is 1. The number of carbonyl (C=O) groups is 1. The van der Waals surface area contributed by atoms with Crippen LogP contribution in [0.4, 0.5) is 5.69 Å². The first-order chi connectivity index (χ1) is 17.1. The van der Waals surface area contributed by atoms with E-state index in [2.05, 4.69) is 20.4 Å². The number of carboxylic acids is 1. The number of aromatic carboxylic acids is 1. The predicted octanol–water partition coefficient (Wildman–Crippen LogP) is 5.28. The van der Waals surface area contributed by atoms with Crippen molar-refractivity contribution >= 4 is 45.3 Å². The molecule has 4 heterocycles. The second-order valence-electron chi connectivity index (χ2n) is 8.76. The van der Waals surface area contributed by atoms with Gasteiger partial charge in [-0.05, 0) is 50.6 Å². The van der Waals surface area contributed by atoms with E-state index < -0.39 is 12.0 Å². The molecular formula is C26H22ClN5O4. The Morgan fingerprint density at radius 3 is 2.75 bits per heavy atom. The fraction of sp³-hybridized carbons (Fsp3) is 0.192. The van der Waals surface area contributed by atoms with Gasteiger partial charge in [0.25, 0.3) is 0 Å². The average molecular weight is 504 g/mol. The Hall–Kier alpha value is -4.24. The van der Waals surface area contributed by atoms with Crippen LogP contribution in [0.1, 0.15) is 40.1 Å². The van der Waals surface area contributed by atoms with E-state index in [0.29, 0.717) is 44.8 Å². The van der Waals surface area contributed by atoms with Gasteiger partial charge >= 0.3 is 5.97 Å². The first-order valence-corrected chi connectivity index (χ1v) is 11.5.